The Morgan fingerprint density at radius 3 is 1.31 bits per heavy atom. The maximum atomic E-state index is 13.8. The molecule has 2 aromatic heterocycles. The Morgan fingerprint density at radius 2 is 0.879 bits per heavy atom. The molecule has 7 heterocycles. The maximum absolute atomic E-state index is 13.8. The van der Waals surface area contributed by atoms with Crippen molar-refractivity contribution < 1.29 is 38.0 Å². The summed E-state index contributed by atoms with van der Waals surface area (Å²) in [6.07, 6.45) is 1.93. The van der Waals surface area contributed by atoms with Crippen molar-refractivity contribution >= 4 is 11.8 Å². The van der Waals surface area contributed by atoms with Crippen LogP contribution in [0, 0.1) is 11.8 Å². The van der Waals surface area contributed by atoms with Gasteiger partial charge >= 0.3 is 0 Å². The molecule has 4 bridgehead atoms. The lowest BCUT2D eigenvalue weighted by atomic mass is 9.83. The van der Waals surface area contributed by atoms with E-state index in [-0.39, 0.29) is 99.5 Å². The second-order valence-electron chi connectivity index (χ2n) is 15.8. The molecule has 2 aromatic carbocycles. The summed E-state index contributed by atoms with van der Waals surface area (Å²) in [5.74, 6) is 2.37. The number of aromatic nitrogens is 2. The number of fused-ring (bicyclic) bond motifs is 10. The Balaban J connectivity index is 0.820. The highest BCUT2D eigenvalue weighted by Gasteiger charge is 2.38. The monoisotopic (exact) mass is 792 g/mol. The van der Waals surface area contributed by atoms with Crippen LogP contribution < -0.4 is 30.1 Å². The van der Waals surface area contributed by atoms with Crippen molar-refractivity contribution in [3.63, 3.8) is 0 Å². The van der Waals surface area contributed by atoms with Gasteiger partial charge < -0.3 is 47.4 Å². The normalized spacial score (nSPS) is 23.4. The third-order valence-corrected chi connectivity index (χ3v) is 11.9. The number of rotatable bonds is 2. The lowest BCUT2D eigenvalue weighted by molar-refractivity contribution is 0.0582. The van der Waals surface area contributed by atoms with Gasteiger partial charge in [0, 0.05) is 85.8 Å². The number of hydrogen-bond donors (Lipinski definition) is 0. The van der Waals surface area contributed by atoms with Crippen molar-refractivity contribution in [1.82, 2.24) is 18.9 Å². The van der Waals surface area contributed by atoms with Crippen LogP contribution in [0.5, 0.6) is 23.0 Å². The number of ether oxygens (including phenoxy) is 6. The van der Waals surface area contributed by atoms with E-state index in [1.807, 2.05) is 31.1 Å². The third-order valence-electron chi connectivity index (χ3n) is 11.9. The zero-order valence-corrected chi connectivity index (χ0v) is 32.4. The highest BCUT2D eigenvalue weighted by molar-refractivity contribution is 5.95. The summed E-state index contributed by atoms with van der Waals surface area (Å²) in [5, 5.41) is 0. The molecule has 2 amide bonds. The number of carbonyl (C=O) groups is 2. The highest BCUT2D eigenvalue weighted by Crippen LogP contribution is 2.38. The second-order valence-corrected chi connectivity index (χ2v) is 15.8. The first-order chi connectivity index (χ1) is 28.4. The highest BCUT2D eigenvalue weighted by atomic mass is 16.6. The van der Waals surface area contributed by atoms with Crippen molar-refractivity contribution in [3.05, 3.63) is 116 Å². The smallest absolute Gasteiger partial charge is 0.254 e. The summed E-state index contributed by atoms with van der Waals surface area (Å²) in [4.78, 5) is 56.4. The van der Waals surface area contributed by atoms with Crippen molar-refractivity contribution in [2.24, 2.45) is 11.8 Å². The summed E-state index contributed by atoms with van der Waals surface area (Å²) in [5.41, 5.74) is 3.02. The molecule has 304 valence electrons. The van der Waals surface area contributed by atoms with E-state index in [2.05, 4.69) is 0 Å². The summed E-state index contributed by atoms with van der Waals surface area (Å²) in [7, 11) is 0. The second kappa shape index (κ2) is 16.7. The van der Waals surface area contributed by atoms with Crippen molar-refractivity contribution in [3.8, 4) is 23.0 Å². The zero-order chi connectivity index (χ0) is 39.6. The van der Waals surface area contributed by atoms with Crippen LogP contribution in [0.15, 0.2) is 82.4 Å². The van der Waals surface area contributed by atoms with Gasteiger partial charge in [-0.15, -0.1) is 0 Å². The van der Waals surface area contributed by atoms with Crippen LogP contribution in [0.4, 0.5) is 0 Å². The molecule has 9 rings (SSSR count). The van der Waals surface area contributed by atoms with E-state index in [9.17, 15) is 19.2 Å². The molecule has 4 atom stereocenters. The molecule has 14 heteroatoms. The molecule has 2 fully saturated rings. The van der Waals surface area contributed by atoms with Gasteiger partial charge in [-0.3, -0.25) is 19.2 Å². The van der Waals surface area contributed by atoms with Gasteiger partial charge in [-0.2, -0.15) is 0 Å². The summed E-state index contributed by atoms with van der Waals surface area (Å²) in [6, 6.07) is 21.3. The number of likely N-dealkylation sites (tertiary alicyclic amines) is 2. The Hall–Kier alpha value is -5.60. The molecular weight excluding hydrogens is 745 g/mol. The lowest BCUT2D eigenvalue weighted by Gasteiger charge is -2.42. The van der Waals surface area contributed by atoms with Crippen LogP contribution in [0.3, 0.4) is 0 Å². The first kappa shape index (κ1) is 37.9. The predicted molar refractivity (Wildman–Crippen MR) is 211 cm³/mol. The van der Waals surface area contributed by atoms with Crippen LogP contribution in [-0.2, 0) is 22.6 Å². The van der Waals surface area contributed by atoms with Gasteiger partial charge in [0.1, 0.15) is 26.4 Å². The molecule has 0 aliphatic carbocycles. The molecule has 14 nitrogen and oxygen atoms in total. The summed E-state index contributed by atoms with van der Waals surface area (Å²) < 4.78 is 39.8. The molecule has 5 aliphatic rings. The molecule has 5 aliphatic heterocycles. The van der Waals surface area contributed by atoms with Gasteiger partial charge in [-0.1, -0.05) is 12.1 Å². The van der Waals surface area contributed by atoms with E-state index in [0.717, 1.165) is 24.2 Å². The van der Waals surface area contributed by atoms with E-state index in [4.69, 9.17) is 28.4 Å². The van der Waals surface area contributed by atoms with Crippen LogP contribution in [0.1, 0.15) is 56.8 Å². The first-order valence-corrected chi connectivity index (χ1v) is 20.3. The fourth-order valence-corrected chi connectivity index (χ4v) is 9.28. The fourth-order valence-electron chi connectivity index (χ4n) is 9.28. The van der Waals surface area contributed by atoms with E-state index in [1.54, 1.807) is 60.7 Å². The van der Waals surface area contributed by atoms with Gasteiger partial charge in [-0.05, 0) is 73.2 Å². The van der Waals surface area contributed by atoms with Gasteiger partial charge in [0.05, 0.1) is 26.4 Å². The summed E-state index contributed by atoms with van der Waals surface area (Å²) in [6.45, 7) is 5.53. The average molecular weight is 793 g/mol. The summed E-state index contributed by atoms with van der Waals surface area (Å²) >= 11 is 0. The molecular formula is C44H48N4O10. The molecule has 0 radical (unpaired) electrons. The minimum atomic E-state index is -0.0835. The molecule has 2 saturated heterocycles. The molecule has 0 spiro atoms. The van der Waals surface area contributed by atoms with Crippen LogP contribution in [0.25, 0.3) is 0 Å². The van der Waals surface area contributed by atoms with E-state index in [1.165, 1.54) is 0 Å². The quantitative estimate of drug-likeness (QED) is 0.295. The Morgan fingerprint density at radius 1 is 0.466 bits per heavy atom. The standard InChI is InChI=1S/C44H48N4O10/c49-41-5-1-3-35-33-19-29(25-47(35)41)23-45(27-33)43(51)31-7-9-37-39(21-31)57-17-13-53-12-16-56-38-10-8-32(22-40(38)58-18-14-54-11-15-55-37)44(52)46-24-30-20-34(28-46)36-4-2-6-42(50)48(36)26-30/h1-10,21-22,29-30,33-34H,11-20,23-28H2/t29-,30-,33-,34-/m0/s1. The minimum Gasteiger partial charge on any atom is -0.487 e. The van der Waals surface area contributed by atoms with Crippen LogP contribution >= 0.6 is 0 Å². The Labute approximate surface area is 335 Å². The van der Waals surface area contributed by atoms with Gasteiger partial charge in [-0.25, -0.2) is 0 Å². The molecule has 58 heavy (non-hydrogen) atoms. The topological polar surface area (TPSA) is 140 Å². The number of carbonyl (C=O) groups excluding carboxylic acids is 2. The van der Waals surface area contributed by atoms with E-state index >= 15 is 0 Å². The van der Waals surface area contributed by atoms with Crippen molar-refractivity contribution in [2.75, 3.05) is 79.0 Å². The lowest BCUT2D eigenvalue weighted by Crippen LogP contribution is -2.49. The van der Waals surface area contributed by atoms with Gasteiger partial charge in [0.2, 0.25) is 0 Å². The minimum absolute atomic E-state index is 0.0148. The largest absolute Gasteiger partial charge is 0.487 e. The molecule has 4 aromatic rings. The molecule has 0 saturated carbocycles. The molecule has 0 N–H and O–H groups in total. The van der Waals surface area contributed by atoms with E-state index in [0.29, 0.717) is 73.4 Å². The number of amides is 2. The van der Waals surface area contributed by atoms with Gasteiger partial charge in [0.15, 0.2) is 23.0 Å². The van der Waals surface area contributed by atoms with E-state index < -0.39 is 0 Å². The number of nitrogens with zero attached hydrogens (tertiary/aromatic N) is 4. The van der Waals surface area contributed by atoms with Gasteiger partial charge in [0.25, 0.3) is 22.9 Å². The SMILES string of the molecule is O=C(c1ccc2c(c1)OCCOCCOc1ccc(C(=O)N3C[C@@H]4C[C@@H](C3)c3cccc(=O)n3C4)cc1OCCOCCO2)N1C[C@@H]2C[C@@H](C1)c1cccc(=O)n1C2. The van der Waals surface area contributed by atoms with Crippen molar-refractivity contribution in [2.45, 2.75) is 37.8 Å². The maximum Gasteiger partial charge on any atom is 0.254 e. The first-order valence-electron chi connectivity index (χ1n) is 20.3. The Bertz CT molecular complexity index is 2130. The number of piperidine rings is 2. The zero-order valence-electron chi connectivity index (χ0n) is 32.4. The number of benzene rings is 2. The van der Waals surface area contributed by atoms with Crippen LogP contribution in [0.2, 0.25) is 0 Å². The predicted octanol–water partition coefficient (Wildman–Crippen LogP) is 3.79. The third kappa shape index (κ3) is 7.95. The Kier molecular flexibility index (Phi) is 10.9. The van der Waals surface area contributed by atoms with Crippen molar-refractivity contribution in [1.29, 1.82) is 0 Å². The number of hydrogen-bond acceptors (Lipinski definition) is 10. The number of pyridine rings is 2. The molecule has 0 unspecified atom stereocenters. The van der Waals surface area contributed by atoms with Crippen LogP contribution in [-0.4, -0.2) is 110 Å². The average Bonchev–Trinajstić information content (AvgIpc) is 3.23. The fraction of sp³-hybridized carbons (Fsp3) is 0.455.